The van der Waals surface area contributed by atoms with E-state index in [0.29, 0.717) is 34.0 Å². The molecule has 0 saturated carbocycles. The molecule has 1 aliphatic heterocycles. The van der Waals surface area contributed by atoms with Gasteiger partial charge in [-0.1, -0.05) is 17.7 Å². The van der Waals surface area contributed by atoms with Crippen LogP contribution < -0.4 is 15.2 Å². The van der Waals surface area contributed by atoms with Gasteiger partial charge in [-0.2, -0.15) is 10.4 Å². The second-order valence-corrected chi connectivity index (χ2v) is 9.57. The first-order chi connectivity index (χ1) is 14.7. The fraction of sp³-hybridized carbons (Fsp3) is 0.286. The summed E-state index contributed by atoms with van der Waals surface area (Å²) in [5.74, 6) is 0.653. The smallest absolute Gasteiger partial charge is 0.166 e. The molecule has 160 valence electrons. The van der Waals surface area contributed by atoms with Gasteiger partial charge in [0.05, 0.1) is 17.1 Å². The van der Waals surface area contributed by atoms with Crippen LogP contribution in [-0.2, 0) is 22.7 Å². The summed E-state index contributed by atoms with van der Waals surface area (Å²) in [4.78, 5) is 4.27. The van der Waals surface area contributed by atoms with Gasteiger partial charge in [0, 0.05) is 37.0 Å². The van der Waals surface area contributed by atoms with Gasteiger partial charge in [-0.25, -0.2) is 13.6 Å². The summed E-state index contributed by atoms with van der Waals surface area (Å²) in [6, 6.07) is 9.68. The molecule has 0 amide bonds. The van der Waals surface area contributed by atoms with Crippen molar-refractivity contribution in [2.45, 2.75) is 25.7 Å². The van der Waals surface area contributed by atoms with Gasteiger partial charge in [0.1, 0.15) is 27.8 Å². The number of nitrogens with one attached hydrogen (secondary N) is 1. The minimum absolute atomic E-state index is 0.0105. The number of pyridine rings is 1. The SMILES string of the molecule is CN=S1(=O)Cc2nn(C)c(C#N)c2-c2cnc(N)c(c2)O[C@H](C)c2cc(C)ccc2N1. The Morgan fingerprint density at radius 3 is 2.90 bits per heavy atom. The molecule has 1 aliphatic rings. The van der Waals surface area contributed by atoms with Crippen LogP contribution in [0.5, 0.6) is 5.75 Å². The van der Waals surface area contributed by atoms with Gasteiger partial charge >= 0.3 is 0 Å². The molecule has 0 saturated heterocycles. The molecular weight excluding hydrogens is 414 g/mol. The summed E-state index contributed by atoms with van der Waals surface area (Å²) >= 11 is 0. The third kappa shape index (κ3) is 3.68. The van der Waals surface area contributed by atoms with Crippen LogP contribution in [0.1, 0.15) is 35.5 Å². The normalized spacial score (nSPS) is 20.0. The summed E-state index contributed by atoms with van der Waals surface area (Å²) in [6.07, 6.45) is 1.15. The molecule has 2 atom stereocenters. The lowest BCUT2D eigenvalue weighted by Gasteiger charge is -2.23. The zero-order valence-corrected chi connectivity index (χ0v) is 18.5. The fourth-order valence-electron chi connectivity index (χ4n) is 3.67. The predicted octanol–water partition coefficient (Wildman–Crippen LogP) is 3.32. The minimum atomic E-state index is -2.94. The first-order valence-electron chi connectivity index (χ1n) is 9.64. The lowest BCUT2D eigenvalue weighted by molar-refractivity contribution is 0.228. The molecule has 2 bridgehead atoms. The van der Waals surface area contributed by atoms with Gasteiger partial charge in [-0.3, -0.25) is 9.40 Å². The highest BCUT2D eigenvalue weighted by Crippen LogP contribution is 2.37. The Kier molecular flexibility index (Phi) is 5.07. The number of hydrogen-bond donors (Lipinski definition) is 2. The van der Waals surface area contributed by atoms with Gasteiger partial charge in [0.25, 0.3) is 0 Å². The number of benzene rings is 1. The van der Waals surface area contributed by atoms with Crippen molar-refractivity contribution < 1.29 is 8.95 Å². The molecule has 2 aromatic heterocycles. The standard InChI is InChI=1S/C21H23N7O2S/c1-12-5-6-16-15(7-12)13(2)30-19-8-14(10-25-21(19)23)20-17(11-31(29,24-3)27-16)26-28(4)18(20)9-22/h5-8,10,13H,11H2,1-4H3,(H2,23,25)(H,24,27,29)/t13-,31?/m1/s1. The Bertz CT molecular complexity index is 1350. The van der Waals surface area contributed by atoms with Crippen LogP contribution in [0.4, 0.5) is 11.5 Å². The van der Waals surface area contributed by atoms with E-state index in [9.17, 15) is 9.47 Å². The van der Waals surface area contributed by atoms with Gasteiger partial charge in [0.15, 0.2) is 11.6 Å². The minimum Gasteiger partial charge on any atom is -0.482 e. The number of aryl methyl sites for hydroxylation is 2. The first-order valence-corrected chi connectivity index (χ1v) is 11.3. The Morgan fingerprint density at radius 1 is 1.42 bits per heavy atom. The third-order valence-corrected chi connectivity index (χ3v) is 7.03. The molecule has 31 heavy (non-hydrogen) atoms. The molecule has 4 rings (SSSR count). The van der Waals surface area contributed by atoms with E-state index in [2.05, 4.69) is 25.2 Å². The zero-order chi connectivity index (χ0) is 22.3. The predicted molar refractivity (Wildman–Crippen MR) is 120 cm³/mol. The van der Waals surface area contributed by atoms with E-state index in [1.54, 1.807) is 19.3 Å². The average Bonchev–Trinajstić information content (AvgIpc) is 3.04. The average molecular weight is 438 g/mol. The topological polar surface area (TPSA) is 131 Å². The number of hydrogen-bond acceptors (Lipinski definition) is 7. The monoisotopic (exact) mass is 437 g/mol. The Morgan fingerprint density at radius 2 is 2.19 bits per heavy atom. The van der Waals surface area contributed by atoms with Crippen molar-refractivity contribution in [1.82, 2.24) is 14.8 Å². The highest BCUT2D eigenvalue weighted by molar-refractivity contribution is 7.94. The molecule has 3 N–H and O–H groups in total. The molecule has 9 nitrogen and oxygen atoms in total. The van der Waals surface area contributed by atoms with Crippen LogP contribution in [0.3, 0.4) is 0 Å². The van der Waals surface area contributed by atoms with Crippen molar-refractivity contribution in [1.29, 1.82) is 5.26 Å². The second kappa shape index (κ2) is 7.59. The fourth-order valence-corrected chi connectivity index (χ4v) is 5.06. The number of anilines is 2. The molecule has 3 aromatic rings. The van der Waals surface area contributed by atoms with E-state index < -0.39 is 16.0 Å². The number of rotatable bonds is 0. The third-order valence-electron chi connectivity index (χ3n) is 5.24. The summed E-state index contributed by atoms with van der Waals surface area (Å²) in [7, 11) is 0.234. The van der Waals surface area contributed by atoms with Crippen molar-refractivity contribution in [3.63, 3.8) is 0 Å². The molecule has 0 aliphatic carbocycles. The van der Waals surface area contributed by atoms with E-state index in [1.165, 1.54) is 11.7 Å². The Balaban J connectivity index is 2.03. The van der Waals surface area contributed by atoms with Gasteiger partial charge in [0.2, 0.25) is 0 Å². The first kappa shape index (κ1) is 20.7. The highest BCUT2D eigenvalue weighted by atomic mass is 32.2. The second-order valence-electron chi connectivity index (χ2n) is 7.43. The molecule has 1 unspecified atom stereocenters. The molecule has 0 fully saturated rings. The summed E-state index contributed by atoms with van der Waals surface area (Å²) in [6.45, 7) is 3.86. The summed E-state index contributed by atoms with van der Waals surface area (Å²) < 4.78 is 28.7. The van der Waals surface area contributed by atoms with Crippen molar-refractivity contribution >= 4 is 21.4 Å². The number of nitrogen functional groups attached to an aromatic ring is 1. The lowest BCUT2D eigenvalue weighted by Crippen LogP contribution is -2.19. The maximum absolute atomic E-state index is 13.7. The van der Waals surface area contributed by atoms with Crippen LogP contribution in [0, 0.1) is 18.3 Å². The van der Waals surface area contributed by atoms with Crippen LogP contribution in [0.25, 0.3) is 11.1 Å². The molecule has 10 heteroatoms. The number of aromatic nitrogens is 3. The van der Waals surface area contributed by atoms with Crippen LogP contribution in [0.15, 0.2) is 34.8 Å². The van der Waals surface area contributed by atoms with E-state index in [1.807, 2.05) is 32.0 Å². The van der Waals surface area contributed by atoms with Gasteiger partial charge < -0.3 is 10.5 Å². The van der Waals surface area contributed by atoms with Crippen LogP contribution in [0.2, 0.25) is 0 Å². The summed E-state index contributed by atoms with van der Waals surface area (Å²) in [5, 5.41) is 14.2. The zero-order valence-electron chi connectivity index (χ0n) is 17.7. The molecule has 3 heterocycles. The number of fused-ring (bicyclic) bond motifs is 5. The molecule has 1 aromatic carbocycles. The number of nitrogens with zero attached hydrogens (tertiary/aromatic N) is 5. The van der Waals surface area contributed by atoms with E-state index in [-0.39, 0.29) is 11.6 Å². The Labute approximate surface area is 181 Å². The maximum atomic E-state index is 13.7. The van der Waals surface area contributed by atoms with Crippen LogP contribution in [-0.4, -0.2) is 26.0 Å². The highest BCUT2D eigenvalue weighted by Gasteiger charge is 2.26. The maximum Gasteiger partial charge on any atom is 0.166 e. The summed E-state index contributed by atoms with van der Waals surface area (Å²) in [5.41, 5.74) is 10.5. The van der Waals surface area contributed by atoms with E-state index in [4.69, 9.17) is 10.5 Å². The van der Waals surface area contributed by atoms with E-state index >= 15 is 0 Å². The van der Waals surface area contributed by atoms with Crippen molar-refractivity contribution in [3.8, 4) is 22.9 Å². The van der Waals surface area contributed by atoms with Crippen molar-refractivity contribution in [3.05, 3.63) is 53.0 Å². The number of nitrogens with two attached hydrogens (primary N) is 1. The van der Waals surface area contributed by atoms with E-state index in [0.717, 1.165) is 11.1 Å². The molecule has 0 spiro atoms. The largest absolute Gasteiger partial charge is 0.482 e. The molecule has 0 radical (unpaired) electrons. The van der Waals surface area contributed by atoms with Crippen molar-refractivity contribution in [2.75, 3.05) is 17.5 Å². The quantitative estimate of drug-likeness (QED) is 0.555. The van der Waals surface area contributed by atoms with Gasteiger partial charge in [-0.05, 0) is 26.0 Å². The molecular formula is C21H23N7O2S. The number of ether oxygens (including phenoxy) is 1. The van der Waals surface area contributed by atoms with Gasteiger partial charge in [-0.15, -0.1) is 0 Å². The Hall–Kier alpha value is -3.58. The lowest BCUT2D eigenvalue weighted by atomic mass is 10.0. The van der Waals surface area contributed by atoms with Crippen LogP contribution >= 0.6 is 0 Å². The number of nitriles is 1. The van der Waals surface area contributed by atoms with Crippen molar-refractivity contribution in [2.24, 2.45) is 11.4 Å².